The van der Waals surface area contributed by atoms with Crippen LogP contribution in [-0.4, -0.2) is 62.9 Å². The molecular weight excluding hydrogens is 442 g/mol. The van der Waals surface area contributed by atoms with Crippen LogP contribution in [0.25, 0.3) is 10.9 Å². The molecule has 0 fully saturated rings. The Kier molecular flexibility index (Phi) is 6.02. The first-order valence-corrected chi connectivity index (χ1v) is 12.4. The molecule has 4 rings (SSSR count). The summed E-state index contributed by atoms with van der Waals surface area (Å²) < 4.78 is 31.3. The molecule has 1 amide bonds. The van der Waals surface area contributed by atoms with Crippen molar-refractivity contribution in [1.29, 1.82) is 0 Å². The van der Waals surface area contributed by atoms with Gasteiger partial charge in [-0.05, 0) is 30.5 Å². The van der Waals surface area contributed by atoms with E-state index < -0.39 is 10.0 Å². The zero-order valence-electron chi connectivity index (χ0n) is 19.1. The summed E-state index contributed by atoms with van der Waals surface area (Å²) in [6, 6.07) is 9.99. The molecule has 1 aliphatic rings. The standard InChI is InChI=1S/C24H27N3O5S/c1-15-5-7-16(8-6-15)11-17-12-18-21(25-13-17)23(28)20-19(22(18)26(2)33(4,30)31)14-27(24(20)29)9-10-32-3/h5-8,12-13,28H,9-11,14H2,1-4H3. The normalized spacial score (nSPS) is 13.6. The van der Waals surface area contributed by atoms with Gasteiger partial charge in [0.25, 0.3) is 5.91 Å². The molecule has 0 aliphatic carbocycles. The summed E-state index contributed by atoms with van der Waals surface area (Å²) in [7, 11) is -0.643. The first-order valence-electron chi connectivity index (χ1n) is 10.6. The molecule has 2 aromatic carbocycles. The van der Waals surface area contributed by atoms with Crippen LogP contribution in [0, 0.1) is 6.92 Å². The summed E-state index contributed by atoms with van der Waals surface area (Å²) in [5.74, 6) is -0.590. The summed E-state index contributed by atoms with van der Waals surface area (Å²) in [5, 5.41) is 11.5. The van der Waals surface area contributed by atoms with Crippen LogP contribution >= 0.6 is 0 Å². The molecule has 0 saturated carbocycles. The van der Waals surface area contributed by atoms with Crippen molar-refractivity contribution in [3.05, 3.63) is 64.3 Å². The Hall–Kier alpha value is -3.17. The number of aryl methyl sites for hydroxylation is 1. The molecule has 174 valence electrons. The summed E-state index contributed by atoms with van der Waals surface area (Å²) in [5.41, 5.74) is 4.27. The lowest BCUT2D eigenvalue weighted by Gasteiger charge is -2.23. The Balaban J connectivity index is 1.91. The second-order valence-electron chi connectivity index (χ2n) is 8.40. The minimum Gasteiger partial charge on any atom is -0.505 e. The Morgan fingerprint density at radius 3 is 2.55 bits per heavy atom. The van der Waals surface area contributed by atoms with Crippen molar-refractivity contribution in [2.75, 3.05) is 37.9 Å². The zero-order valence-corrected chi connectivity index (χ0v) is 19.9. The van der Waals surface area contributed by atoms with Gasteiger partial charge in [0, 0.05) is 44.4 Å². The van der Waals surface area contributed by atoms with E-state index in [9.17, 15) is 18.3 Å². The predicted octanol–water partition coefficient (Wildman–Crippen LogP) is 2.84. The van der Waals surface area contributed by atoms with Gasteiger partial charge in [0.1, 0.15) is 5.52 Å². The van der Waals surface area contributed by atoms with Gasteiger partial charge in [-0.25, -0.2) is 8.42 Å². The summed E-state index contributed by atoms with van der Waals surface area (Å²) in [6.45, 7) is 2.86. The van der Waals surface area contributed by atoms with Gasteiger partial charge in [-0.15, -0.1) is 0 Å². The van der Waals surface area contributed by atoms with Crippen LogP contribution in [0.5, 0.6) is 5.75 Å². The fourth-order valence-corrected chi connectivity index (χ4v) is 4.71. The summed E-state index contributed by atoms with van der Waals surface area (Å²) >= 11 is 0. The van der Waals surface area contributed by atoms with Crippen molar-refractivity contribution in [3.63, 3.8) is 0 Å². The highest BCUT2D eigenvalue weighted by atomic mass is 32.2. The minimum atomic E-state index is -3.64. The highest BCUT2D eigenvalue weighted by Crippen LogP contribution is 2.44. The number of phenolic OH excluding ortho intramolecular Hbond substituents is 1. The van der Waals surface area contributed by atoms with E-state index in [1.54, 1.807) is 18.2 Å². The number of sulfonamides is 1. The molecule has 0 radical (unpaired) electrons. The van der Waals surface area contributed by atoms with Gasteiger partial charge in [-0.3, -0.25) is 14.1 Å². The Morgan fingerprint density at radius 1 is 1.21 bits per heavy atom. The van der Waals surface area contributed by atoms with E-state index in [1.807, 2.05) is 37.3 Å². The first-order chi connectivity index (χ1) is 15.6. The number of aromatic hydroxyl groups is 1. The quantitative estimate of drug-likeness (QED) is 0.571. The number of ether oxygens (including phenoxy) is 1. The third kappa shape index (κ3) is 4.26. The molecular formula is C24H27N3O5S. The SMILES string of the molecule is COCCN1Cc2c(c(O)c3ncc(Cc4ccc(C)cc4)cc3c2N(C)S(C)(=O)=O)C1=O. The van der Waals surface area contributed by atoms with Gasteiger partial charge in [0.15, 0.2) is 5.75 Å². The van der Waals surface area contributed by atoms with Gasteiger partial charge < -0.3 is 14.7 Å². The number of aromatic nitrogens is 1. The van der Waals surface area contributed by atoms with Crippen molar-refractivity contribution >= 4 is 32.5 Å². The highest BCUT2D eigenvalue weighted by Gasteiger charge is 2.37. The summed E-state index contributed by atoms with van der Waals surface area (Å²) in [6.07, 6.45) is 3.36. The van der Waals surface area contributed by atoms with Crippen molar-refractivity contribution in [2.24, 2.45) is 0 Å². The fourth-order valence-electron chi connectivity index (χ4n) is 4.17. The number of hydrogen-bond acceptors (Lipinski definition) is 6. The molecule has 0 unspecified atom stereocenters. The Labute approximate surface area is 193 Å². The van der Waals surface area contributed by atoms with Crippen molar-refractivity contribution in [1.82, 2.24) is 9.88 Å². The van der Waals surface area contributed by atoms with E-state index in [0.717, 1.165) is 27.3 Å². The maximum Gasteiger partial charge on any atom is 0.258 e. The number of carbonyl (C=O) groups is 1. The largest absolute Gasteiger partial charge is 0.505 e. The third-order valence-electron chi connectivity index (χ3n) is 6.00. The predicted molar refractivity (Wildman–Crippen MR) is 127 cm³/mol. The molecule has 1 N–H and O–H groups in total. The highest BCUT2D eigenvalue weighted by molar-refractivity contribution is 7.92. The van der Waals surface area contributed by atoms with Crippen LogP contribution in [0.4, 0.5) is 5.69 Å². The van der Waals surface area contributed by atoms with E-state index >= 15 is 0 Å². The zero-order chi connectivity index (χ0) is 23.9. The molecule has 0 bridgehead atoms. The van der Waals surface area contributed by atoms with E-state index in [0.29, 0.717) is 36.2 Å². The first kappa shape index (κ1) is 23.0. The molecule has 1 aliphatic heterocycles. The minimum absolute atomic E-state index is 0.0999. The third-order valence-corrected chi connectivity index (χ3v) is 7.18. The van der Waals surface area contributed by atoms with Gasteiger partial charge >= 0.3 is 0 Å². The lowest BCUT2D eigenvalue weighted by Crippen LogP contribution is -2.28. The van der Waals surface area contributed by atoms with Gasteiger partial charge in [-0.1, -0.05) is 29.8 Å². The average molecular weight is 470 g/mol. The number of hydrogen-bond donors (Lipinski definition) is 1. The van der Waals surface area contributed by atoms with Crippen LogP contribution in [0.2, 0.25) is 0 Å². The van der Waals surface area contributed by atoms with Gasteiger partial charge in [-0.2, -0.15) is 0 Å². The maximum atomic E-state index is 13.0. The number of methoxy groups -OCH3 is 1. The van der Waals surface area contributed by atoms with Crippen LogP contribution in [0.15, 0.2) is 36.5 Å². The molecule has 8 nitrogen and oxygen atoms in total. The molecule has 0 spiro atoms. The molecule has 0 atom stereocenters. The van der Waals surface area contributed by atoms with Crippen LogP contribution < -0.4 is 4.31 Å². The van der Waals surface area contributed by atoms with Gasteiger partial charge in [0.05, 0.1) is 24.1 Å². The number of carbonyl (C=O) groups excluding carboxylic acids is 1. The lowest BCUT2D eigenvalue weighted by atomic mass is 9.98. The molecule has 3 aromatic rings. The topological polar surface area (TPSA) is 100 Å². The smallest absolute Gasteiger partial charge is 0.258 e. The van der Waals surface area contributed by atoms with Crippen molar-refractivity contribution in [2.45, 2.75) is 19.9 Å². The molecule has 9 heteroatoms. The monoisotopic (exact) mass is 469 g/mol. The number of nitrogens with zero attached hydrogens (tertiary/aromatic N) is 3. The van der Waals surface area contributed by atoms with E-state index in [4.69, 9.17) is 4.74 Å². The number of pyridine rings is 1. The Bertz CT molecular complexity index is 1340. The van der Waals surface area contributed by atoms with Gasteiger partial charge in [0.2, 0.25) is 10.0 Å². The van der Waals surface area contributed by atoms with E-state index in [1.165, 1.54) is 7.05 Å². The maximum absolute atomic E-state index is 13.0. The lowest BCUT2D eigenvalue weighted by molar-refractivity contribution is 0.0717. The number of amides is 1. The molecule has 0 saturated heterocycles. The fraction of sp³-hybridized carbons (Fsp3) is 0.333. The van der Waals surface area contributed by atoms with Crippen molar-refractivity contribution in [3.8, 4) is 5.75 Å². The van der Waals surface area contributed by atoms with Crippen LogP contribution in [0.3, 0.4) is 0 Å². The number of fused-ring (bicyclic) bond motifs is 2. The second-order valence-corrected chi connectivity index (χ2v) is 10.4. The summed E-state index contributed by atoms with van der Waals surface area (Å²) in [4.78, 5) is 19.0. The number of rotatable bonds is 7. The average Bonchev–Trinajstić information content (AvgIpc) is 3.09. The van der Waals surface area contributed by atoms with E-state index in [-0.39, 0.29) is 29.3 Å². The second kappa shape index (κ2) is 8.64. The molecule has 33 heavy (non-hydrogen) atoms. The van der Waals surface area contributed by atoms with Crippen molar-refractivity contribution < 1.29 is 23.1 Å². The number of anilines is 1. The Morgan fingerprint density at radius 2 is 1.91 bits per heavy atom. The number of phenols is 1. The molecule has 2 heterocycles. The van der Waals surface area contributed by atoms with E-state index in [2.05, 4.69) is 4.98 Å². The molecule has 1 aromatic heterocycles. The van der Waals surface area contributed by atoms with Crippen LogP contribution in [0.1, 0.15) is 32.6 Å². The van der Waals surface area contributed by atoms with Crippen LogP contribution in [-0.2, 0) is 27.7 Å². The number of benzene rings is 2.